The number of nitrogens with zero attached hydrogens (tertiary/aromatic N) is 2. The molecule has 0 aromatic carbocycles. The van der Waals surface area contributed by atoms with Crippen LogP contribution >= 0.6 is 31.9 Å². The Bertz CT molecular complexity index is 568. The number of ether oxygens (including phenoxy) is 1. The Kier molecular flexibility index (Phi) is 3.58. The van der Waals surface area contributed by atoms with Gasteiger partial charge in [0.25, 0.3) is 0 Å². The molecule has 2 rings (SSSR count). The number of pyridine rings is 1. The Labute approximate surface area is 114 Å². The third-order valence-electron chi connectivity index (χ3n) is 2.01. The second-order valence-corrected chi connectivity index (χ2v) is 4.89. The van der Waals surface area contributed by atoms with E-state index in [-0.39, 0.29) is 0 Å². The van der Waals surface area contributed by atoms with Gasteiger partial charge in [0.05, 0.1) is 13.3 Å². The molecular weight excluding hydrogens is 354 g/mol. The molecule has 0 aliphatic heterocycles. The monoisotopic (exact) mass is 359 g/mol. The van der Waals surface area contributed by atoms with Crippen molar-refractivity contribution in [3.63, 3.8) is 0 Å². The minimum atomic E-state index is -0.461. The number of hydrogen-bond acceptors (Lipinski definition) is 4. The largest absolute Gasteiger partial charge is 0.464 e. The lowest BCUT2D eigenvalue weighted by Crippen LogP contribution is -2.01. The zero-order chi connectivity index (χ0) is 12.4. The number of imidazole rings is 1. The zero-order valence-corrected chi connectivity index (χ0v) is 11.9. The molecule has 0 bridgehead atoms. The van der Waals surface area contributed by atoms with E-state index in [2.05, 4.69) is 51.5 Å². The molecule has 0 spiro atoms. The average Bonchev–Trinajstić information content (AvgIpc) is 2.77. The first-order valence-electron chi connectivity index (χ1n) is 4.56. The lowest BCUT2D eigenvalue weighted by molar-refractivity contribution is 0.0595. The van der Waals surface area contributed by atoms with Crippen molar-refractivity contribution in [2.24, 2.45) is 0 Å². The topological polar surface area (TPSA) is 67.9 Å². The van der Waals surface area contributed by atoms with Gasteiger partial charge in [-0.3, -0.25) is 4.98 Å². The van der Waals surface area contributed by atoms with Crippen LogP contribution in [-0.4, -0.2) is 28.0 Å². The van der Waals surface area contributed by atoms with Gasteiger partial charge in [0.1, 0.15) is 11.4 Å². The predicted molar refractivity (Wildman–Crippen MR) is 68.6 cm³/mol. The van der Waals surface area contributed by atoms with Crippen molar-refractivity contribution in [2.75, 3.05) is 7.11 Å². The Morgan fingerprint density at radius 2 is 2.12 bits per heavy atom. The second-order valence-electron chi connectivity index (χ2n) is 3.12. The van der Waals surface area contributed by atoms with E-state index in [1.807, 2.05) is 6.07 Å². The molecule has 2 aromatic heterocycles. The minimum absolute atomic E-state index is 0.291. The highest BCUT2D eigenvalue weighted by molar-refractivity contribution is 9.11. The molecule has 5 nitrogen and oxygen atoms in total. The number of carbonyl (C=O) groups excluding carboxylic acids is 1. The number of rotatable bonds is 2. The summed E-state index contributed by atoms with van der Waals surface area (Å²) < 4.78 is 6.22. The summed E-state index contributed by atoms with van der Waals surface area (Å²) >= 11 is 6.69. The van der Waals surface area contributed by atoms with E-state index >= 15 is 0 Å². The van der Waals surface area contributed by atoms with Crippen LogP contribution in [0.4, 0.5) is 0 Å². The number of nitrogens with one attached hydrogen (secondary N) is 1. The quantitative estimate of drug-likeness (QED) is 0.836. The maximum absolute atomic E-state index is 11.3. The number of hydrogen-bond donors (Lipinski definition) is 1. The Morgan fingerprint density at radius 1 is 1.35 bits per heavy atom. The number of aromatic nitrogens is 3. The lowest BCUT2D eigenvalue weighted by atomic mass is 10.3. The van der Waals surface area contributed by atoms with Crippen LogP contribution < -0.4 is 0 Å². The van der Waals surface area contributed by atoms with Crippen molar-refractivity contribution in [3.8, 4) is 11.5 Å². The standard InChI is InChI=1S/C10H7Br2N3O2/c1-17-10(16)7-4-14-9(15-7)8-6(12)2-5(11)3-13-8/h2-4H,1H3,(H,14,15). The number of aromatic amines is 1. The van der Waals surface area contributed by atoms with Gasteiger partial charge in [-0.05, 0) is 37.9 Å². The summed E-state index contributed by atoms with van der Waals surface area (Å²) in [6.07, 6.45) is 3.07. The first-order chi connectivity index (χ1) is 8.11. The summed E-state index contributed by atoms with van der Waals surface area (Å²) in [6.45, 7) is 0. The summed E-state index contributed by atoms with van der Waals surface area (Å²) in [7, 11) is 1.32. The zero-order valence-electron chi connectivity index (χ0n) is 8.70. The van der Waals surface area contributed by atoms with Gasteiger partial charge in [0.2, 0.25) is 0 Å². The molecule has 1 N–H and O–H groups in total. The molecule has 17 heavy (non-hydrogen) atoms. The lowest BCUT2D eigenvalue weighted by Gasteiger charge is -2.00. The van der Waals surface area contributed by atoms with Crippen molar-refractivity contribution >= 4 is 37.8 Å². The maximum atomic E-state index is 11.3. The fraction of sp³-hybridized carbons (Fsp3) is 0.100. The Hall–Kier alpha value is -1.21. The van der Waals surface area contributed by atoms with Crippen LogP contribution in [0.2, 0.25) is 0 Å². The molecule has 0 aliphatic carbocycles. The Balaban J connectivity index is 2.40. The van der Waals surface area contributed by atoms with Crippen LogP contribution in [-0.2, 0) is 4.74 Å². The Morgan fingerprint density at radius 3 is 2.76 bits per heavy atom. The van der Waals surface area contributed by atoms with Gasteiger partial charge in [-0.25, -0.2) is 9.78 Å². The number of H-pyrrole nitrogens is 1. The van der Waals surface area contributed by atoms with Crippen LogP contribution in [0.5, 0.6) is 0 Å². The fourth-order valence-corrected chi connectivity index (χ4v) is 2.42. The third-order valence-corrected chi connectivity index (χ3v) is 3.05. The smallest absolute Gasteiger partial charge is 0.356 e. The van der Waals surface area contributed by atoms with E-state index < -0.39 is 5.97 Å². The van der Waals surface area contributed by atoms with Crippen molar-refractivity contribution in [2.45, 2.75) is 0 Å². The van der Waals surface area contributed by atoms with E-state index in [4.69, 9.17) is 0 Å². The van der Waals surface area contributed by atoms with E-state index in [0.29, 0.717) is 17.2 Å². The van der Waals surface area contributed by atoms with E-state index in [9.17, 15) is 4.79 Å². The number of methoxy groups -OCH3 is 1. The summed E-state index contributed by atoms with van der Waals surface area (Å²) in [5, 5.41) is 0. The van der Waals surface area contributed by atoms with Gasteiger partial charge < -0.3 is 9.72 Å². The van der Waals surface area contributed by atoms with Gasteiger partial charge in [-0.2, -0.15) is 0 Å². The van der Waals surface area contributed by atoms with Crippen LogP contribution in [0.1, 0.15) is 10.5 Å². The normalized spacial score (nSPS) is 10.3. The molecule has 0 amide bonds. The van der Waals surface area contributed by atoms with Gasteiger partial charge in [-0.15, -0.1) is 0 Å². The summed E-state index contributed by atoms with van der Waals surface area (Å²) in [5.74, 6) is 0.0433. The molecule has 2 heterocycles. The van der Waals surface area contributed by atoms with E-state index in [1.54, 1.807) is 6.20 Å². The van der Waals surface area contributed by atoms with Crippen LogP contribution in [0.3, 0.4) is 0 Å². The molecule has 88 valence electrons. The van der Waals surface area contributed by atoms with Crippen molar-refractivity contribution < 1.29 is 9.53 Å². The molecule has 0 aliphatic rings. The second kappa shape index (κ2) is 4.97. The van der Waals surface area contributed by atoms with Gasteiger partial charge in [0.15, 0.2) is 5.82 Å². The highest BCUT2D eigenvalue weighted by atomic mass is 79.9. The molecule has 0 atom stereocenters. The molecule has 7 heteroatoms. The molecule has 0 saturated heterocycles. The van der Waals surface area contributed by atoms with Crippen molar-refractivity contribution in [3.05, 3.63) is 33.1 Å². The predicted octanol–water partition coefficient (Wildman–Crippen LogP) is 2.78. The van der Waals surface area contributed by atoms with Crippen molar-refractivity contribution in [1.82, 2.24) is 15.0 Å². The van der Waals surface area contributed by atoms with Crippen LogP contribution in [0.25, 0.3) is 11.5 Å². The number of carbonyl (C=O) groups is 1. The molecule has 0 saturated carbocycles. The maximum Gasteiger partial charge on any atom is 0.356 e. The summed E-state index contributed by atoms with van der Waals surface area (Å²) in [4.78, 5) is 22.4. The number of halogens is 2. The first kappa shape index (κ1) is 12.3. The fourth-order valence-electron chi connectivity index (χ4n) is 1.24. The SMILES string of the molecule is COC(=O)c1cnc(-c2ncc(Br)cc2Br)[nH]1. The van der Waals surface area contributed by atoms with Crippen LogP contribution in [0.15, 0.2) is 27.4 Å². The minimum Gasteiger partial charge on any atom is -0.464 e. The van der Waals surface area contributed by atoms with E-state index in [1.165, 1.54) is 13.3 Å². The van der Waals surface area contributed by atoms with Gasteiger partial charge in [0, 0.05) is 15.1 Å². The van der Waals surface area contributed by atoms with Crippen molar-refractivity contribution in [1.29, 1.82) is 0 Å². The molecule has 0 radical (unpaired) electrons. The van der Waals surface area contributed by atoms with Gasteiger partial charge in [-0.1, -0.05) is 0 Å². The average molecular weight is 361 g/mol. The first-order valence-corrected chi connectivity index (χ1v) is 6.15. The van der Waals surface area contributed by atoms with Crippen LogP contribution in [0, 0.1) is 0 Å². The van der Waals surface area contributed by atoms with Gasteiger partial charge >= 0.3 is 5.97 Å². The highest BCUT2D eigenvalue weighted by Gasteiger charge is 2.13. The highest BCUT2D eigenvalue weighted by Crippen LogP contribution is 2.26. The molecular formula is C10H7Br2N3O2. The van der Waals surface area contributed by atoms with E-state index in [0.717, 1.165) is 8.95 Å². The summed E-state index contributed by atoms with van der Waals surface area (Å²) in [5.41, 5.74) is 0.919. The summed E-state index contributed by atoms with van der Waals surface area (Å²) in [6, 6.07) is 1.85. The molecule has 0 fully saturated rings. The molecule has 2 aromatic rings. The molecule has 0 unspecified atom stereocenters. The third kappa shape index (κ3) is 2.55. The number of esters is 1.